The van der Waals surface area contributed by atoms with E-state index in [9.17, 15) is 18.0 Å². The highest BCUT2D eigenvalue weighted by atomic mass is 32.2. The summed E-state index contributed by atoms with van der Waals surface area (Å²) >= 11 is 0. The van der Waals surface area contributed by atoms with Gasteiger partial charge in [-0.1, -0.05) is 22.9 Å². The van der Waals surface area contributed by atoms with Crippen LogP contribution in [0.1, 0.15) is 35.9 Å². The van der Waals surface area contributed by atoms with E-state index in [1.807, 2.05) is 26.0 Å². The van der Waals surface area contributed by atoms with Gasteiger partial charge in [-0.3, -0.25) is 9.59 Å². The molecule has 0 aliphatic heterocycles. The Balaban J connectivity index is 1.84. The second kappa shape index (κ2) is 9.19. The van der Waals surface area contributed by atoms with Crippen molar-refractivity contribution in [3.63, 3.8) is 0 Å². The lowest BCUT2D eigenvalue weighted by Crippen LogP contribution is -2.32. The molecule has 1 aromatic heterocycles. The Morgan fingerprint density at radius 1 is 1.21 bits per heavy atom. The number of esters is 1. The Labute approximate surface area is 169 Å². The van der Waals surface area contributed by atoms with Gasteiger partial charge in [-0.25, -0.2) is 13.1 Å². The van der Waals surface area contributed by atoms with Crippen molar-refractivity contribution < 1.29 is 27.3 Å². The summed E-state index contributed by atoms with van der Waals surface area (Å²) in [5, 5.41) is 6.31. The van der Waals surface area contributed by atoms with E-state index >= 15 is 0 Å². The molecule has 158 valence electrons. The summed E-state index contributed by atoms with van der Waals surface area (Å²) < 4.78 is 36.8. The van der Waals surface area contributed by atoms with Crippen molar-refractivity contribution in [3.05, 3.63) is 40.8 Å². The number of hydrogen-bond acceptors (Lipinski definition) is 7. The molecule has 0 saturated heterocycles. The quantitative estimate of drug-likeness (QED) is 0.623. The molecule has 0 aliphatic carbocycles. The Kier molecular flexibility index (Phi) is 7.15. The first-order valence-corrected chi connectivity index (χ1v) is 10.5. The molecule has 0 bridgehead atoms. The topological polar surface area (TPSA) is 128 Å². The normalized spacial score (nSPS) is 12.4. The van der Waals surface area contributed by atoms with E-state index in [-0.39, 0.29) is 29.3 Å². The van der Waals surface area contributed by atoms with Gasteiger partial charge >= 0.3 is 5.97 Å². The largest absolute Gasteiger partial charge is 0.452 e. The predicted octanol–water partition coefficient (Wildman–Crippen LogP) is 2.15. The summed E-state index contributed by atoms with van der Waals surface area (Å²) in [5.74, 6) is -1.01. The van der Waals surface area contributed by atoms with Crippen LogP contribution < -0.4 is 10.0 Å². The van der Waals surface area contributed by atoms with Gasteiger partial charge in [0, 0.05) is 12.2 Å². The average Bonchev–Trinajstić information content (AvgIpc) is 2.96. The van der Waals surface area contributed by atoms with Gasteiger partial charge in [0.15, 0.2) is 11.9 Å². The molecule has 0 spiro atoms. The van der Waals surface area contributed by atoms with Crippen LogP contribution in [0, 0.1) is 27.7 Å². The van der Waals surface area contributed by atoms with E-state index in [2.05, 4.69) is 15.2 Å². The zero-order chi connectivity index (χ0) is 21.8. The standard InChI is InChI=1S/C19H25N3O6S/c1-11-6-7-16(12(2)10-11)21-19(24)15(5)27-17(23)8-9-20-29(25,26)18-13(3)22-28-14(18)4/h6-7,10,15,20H,8-9H2,1-5H3,(H,21,24)/t15-/m0/s1. The van der Waals surface area contributed by atoms with Crippen LogP contribution in [0.5, 0.6) is 0 Å². The van der Waals surface area contributed by atoms with Crippen LogP contribution in [-0.2, 0) is 24.3 Å². The molecular formula is C19H25N3O6S. The number of anilines is 1. The number of hydrogen-bond donors (Lipinski definition) is 2. The summed E-state index contributed by atoms with van der Waals surface area (Å²) in [6, 6.07) is 5.57. The number of sulfonamides is 1. The Morgan fingerprint density at radius 2 is 1.90 bits per heavy atom. The Morgan fingerprint density at radius 3 is 2.48 bits per heavy atom. The van der Waals surface area contributed by atoms with Crippen molar-refractivity contribution in [3.8, 4) is 0 Å². The van der Waals surface area contributed by atoms with Gasteiger partial charge in [0.2, 0.25) is 10.0 Å². The average molecular weight is 423 g/mol. The van der Waals surface area contributed by atoms with Crippen molar-refractivity contribution in [2.75, 3.05) is 11.9 Å². The minimum atomic E-state index is -3.86. The van der Waals surface area contributed by atoms with E-state index in [4.69, 9.17) is 9.26 Å². The summed E-state index contributed by atoms with van der Waals surface area (Å²) in [4.78, 5) is 24.1. The number of carbonyl (C=O) groups is 2. The number of carbonyl (C=O) groups excluding carboxylic acids is 2. The minimum absolute atomic E-state index is 0.0490. The first-order chi connectivity index (χ1) is 13.5. The highest BCUT2D eigenvalue weighted by Gasteiger charge is 2.24. The number of aryl methyl sites for hydroxylation is 4. The van der Waals surface area contributed by atoms with Crippen LogP contribution in [0.25, 0.3) is 0 Å². The molecule has 2 aromatic rings. The molecule has 0 unspecified atom stereocenters. The predicted molar refractivity (Wildman–Crippen MR) is 106 cm³/mol. The zero-order valence-corrected chi connectivity index (χ0v) is 17.8. The smallest absolute Gasteiger partial charge is 0.307 e. The van der Waals surface area contributed by atoms with Gasteiger partial charge in [-0.2, -0.15) is 0 Å². The molecule has 1 amide bonds. The first-order valence-electron chi connectivity index (χ1n) is 9.01. The molecule has 0 aliphatic rings. The van der Waals surface area contributed by atoms with Crippen LogP contribution in [0.2, 0.25) is 0 Å². The van der Waals surface area contributed by atoms with Crippen LogP contribution >= 0.6 is 0 Å². The zero-order valence-electron chi connectivity index (χ0n) is 17.0. The van der Waals surface area contributed by atoms with Crippen molar-refractivity contribution in [2.24, 2.45) is 0 Å². The van der Waals surface area contributed by atoms with E-state index in [0.29, 0.717) is 5.69 Å². The summed E-state index contributed by atoms with van der Waals surface area (Å²) in [6.45, 7) is 8.07. The maximum absolute atomic E-state index is 12.3. The highest BCUT2D eigenvalue weighted by molar-refractivity contribution is 7.89. The molecule has 1 aromatic carbocycles. The molecular weight excluding hydrogens is 398 g/mol. The molecule has 10 heteroatoms. The number of ether oxygens (including phenoxy) is 1. The van der Waals surface area contributed by atoms with Gasteiger partial charge in [0.05, 0.1) is 6.42 Å². The van der Waals surface area contributed by atoms with Crippen LogP contribution in [0.3, 0.4) is 0 Å². The van der Waals surface area contributed by atoms with Crippen molar-refractivity contribution in [1.29, 1.82) is 0 Å². The molecule has 2 N–H and O–H groups in total. The first kappa shape index (κ1) is 22.6. The van der Waals surface area contributed by atoms with E-state index < -0.39 is 28.0 Å². The number of amides is 1. The fourth-order valence-corrected chi connectivity index (χ4v) is 4.07. The molecule has 1 heterocycles. The van der Waals surface area contributed by atoms with Crippen molar-refractivity contribution >= 4 is 27.6 Å². The second-order valence-corrected chi connectivity index (χ2v) is 8.44. The third kappa shape index (κ3) is 5.88. The molecule has 29 heavy (non-hydrogen) atoms. The Hall–Kier alpha value is -2.72. The molecule has 1 atom stereocenters. The van der Waals surface area contributed by atoms with Gasteiger partial charge in [-0.05, 0) is 46.2 Å². The Bertz CT molecular complexity index is 993. The second-order valence-electron chi connectivity index (χ2n) is 6.74. The van der Waals surface area contributed by atoms with Crippen molar-refractivity contribution in [1.82, 2.24) is 9.88 Å². The van der Waals surface area contributed by atoms with Crippen LogP contribution in [0.15, 0.2) is 27.6 Å². The monoisotopic (exact) mass is 423 g/mol. The molecule has 0 saturated carbocycles. The van der Waals surface area contributed by atoms with E-state index in [1.165, 1.54) is 20.8 Å². The maximum Gasteiger partial charge on any atom is 0.307 e. The van der Waals surface area contributed by atoms with Gasteiger partial charge in [0.25, 0.3) is 5.91 Å². The van der Waals surface area contributed by atoms with Crippen LogP contribution in [0.4, 0.5) is 5.69 Å². The van der Waals surface area contributed by atoms with Gasteiger partial charge < -0.3 is 14.6 Å². The van der Waals surface area contributed by atoms with E-state index in [1.54, 1.807) is 6.07 Å². The minimum Gasteiger partial charge on any atom is -0.452 e. The summed E-state index contributed by atoms with van der Waals surface area (Å²) in [7, 11) is -3.86. The number of nitrogens with one attached hydrogen (secondary N) is 2. The fourth-order valence-electron chi connectivity index (χ4n) is 2.72. The third-order valence-electron chi connectivity index (χ3n) is 4.18. The molecule has 0 fully saturated rings. The number of aromatic nitrogens is 1. The molecule has 0 radical (unpaired) electrons. The van der Waals surface area contributed by atoms with E-state index in [0.717, 1.165) is 11.1 Å². The summed E-state index contributed by atoms with van der Waals surface area (Å²) in [5.41, 5.74) is 2.83. The van der Waals surface area contributed by atoms with Gasteiger partial charge in [0.1, 0.15) is 10.6 Å². The number of nitrogens with zero attached hydrogens (tertiary/aromatic N) is 1. The molecule has 2 rings (SSSR count). The van der Waals surface area contributed by atoms with Crippen LogP contribution in [-0.4, -0.2) is 38.1 Å². The summed E-state index contributed by atoms with van der Waals surface area (Å²) in [6.07, 6.45) is -1.26. The van der Waals surface area contributed by atoms with Gasteiger partial charge in [-0.15, -0.1) is 0 Å². The fraction of sp³-hybridized carbons (Fsp3) is 0.421. The lowest BCUT2D eigenvalue weighted by atomic mass is 10.1. The highest BCUT2D eigenvalue weighted by Crippen LogP contribution is 2.18. The lowest BCUT2D eigenvalue weighted by Gasteiger charge is -2.15. The van der Waals surface area contributed by atoms with Crippen molar-refractivity contribution in [2.45, 2.75) is 52.0 Å². The molecule has 9 nitrogen and oxygen atoms in total. The number of rotatable bonds is 8. The third-order valence-corrected chi connectivity index (χ3v) is 5.88. The lowest BCUT2D eigenvalue weighted by molar-refractivity contribution is -0.152. The number of benzene rings is 1. The SMILES string of the molecule is Cc1ccc(NC(=O)[C@H](C)OC(=O)CCNS(=O)(=O)c2c(C)noc2C)c(C)c1. The maximum atomic E-state index is 12.3.